The molecule has 2 aliphatic heterocycles. The molecule has 3 heterocycles. The number of aromatic nitrogens is 2. The summed E-state index contributed by atoms with van der Waals surface area (Å²) in [6.07, 6.45) is -3.00. The first-order valence-electron chi connectivity index (χ1n) is 14.3. The molecule has 3 aliphatic rings. The molecular formula is C31H25F8N5O2. The molecule has 7 nitrogen and oxygen atoms in total. The molecule has 2 atom stereocenters. The topological polar surface area (TPSA) is 88.4 Å². The fourth-order valence-corrected chi connectivity index (χ4v) is 6.26. The van der Waals surface area contributed by atoms with E-state index in [4.69, 9.17) is 0 Å². The average molecular weight is 652 g/mol. The Labute approximate surface area is 256 Å². The van der Waals surface area contributed by atoms with Crippen molar-refractivity contribution in [2.45, 2.75) is 69.0 Å². The molecular weight excluding hydrogens is 626 g/mol. The number of halogens is 8. The predicted octanol–water partition coefficient (Wildman–Crippen LogP) is 6.19. The van der Waals surface area contributed by atoms with Crippen LogP contribution in [0.5, 0.6) is 0 Å². The monoisotopic (exact) mass is 651 g/mol. The summed E-state index contributed by atoms with van der Waals surface area (Å²) in [6.45, 7) is -0.840. The van der Waals surface area contributed by atoms with E-state index < -0.39 is 84.1 Å². The molecule has 46 heavy (non-hydrogen) atoms. The molecule has 1 aliphatic carbocycles. The molecule has 1 unspecified atom stereocenters. The van der Waals surface area contributed by atoms with Gasteiger partial charge in [0.15, 0.2) is 0 Å². The second-order valence-electron chi connectivity index (χ2n) is 11.4. The van der Waals surface area contributed by atoms with Crippen molar-refractivity contribution in [3.8, 4) is 0 Å². The molecule has 0 radical (unpaired) electrons. The Morgan fingerprint density at radius 2 is 1.76 bits per heavy atom. The third-order valence-electron chi connectivity index (χ3n) is 8.27. The molecule has 2 amide bonds. The minimum Gasteiger partial charge on any atom is -0.348 e. The summed E-state index contributed by atoms with van der Waals surface area (Å²) in [4.78, 5) is 29.9. The first-order chi connectivity index (χ1) is 21.7. The van der Waals surface area contributed by atoms with Crippen LogP contribution < -0.4 is 10.6 Å². The third kappa shape index (κ3) is 5.89. The number of carbonyl (C=O) groups excluding carboxylic acids is 2. The minimum absolute atomic E-state index is 0.102. The van der Waals surface area contributed by atoms with Gasteiger partial charge in [0.2, 0.25) is 5.91 Å². The smallest absolute Gasteiger partial charge is 0.290 e. The lowest BCUT2D eigenvalue weighted by atomic mass is 9.83. The molecule has 0 saturated carbocycles. The number of hydrogen-bond donors (Lipinski definition) is 2. The Bertz CT molecular complexity index is 1760. The SMILES string of the molecule is O=C(Cn1nc(C(F)F)c2c1C(F)(F)CCC2(F)F)N[C@@H](Cc1cc(F)cc(F)c1)C1=NC=CCC1c1ccc2c(c1)CNC2=O. The second kappa shape index (κ2) is 11.7. The molecule has 0 spiro atoms. The fourth-order valence-electron chi connectivity index (χ4n) is 6.26. The minimum atomic E-state index is -4.02. The summed E-state index contributed by atoms with van der Waals surface area (Å²) in [5.41, 5.74) is -2.27. The van der Waals surface area contributed by atoms with Gasteiger partial charge in [-0.25, -0.2) is 26.3 Å². The number of nitrogens with one attached hydrogen (secondary N) is 2. The van der Waals surface area contributed by atoms with Gasteiger partial charge in [0, 0.05) is 48.8 Å². The zero-order valence-corrected chi connectivity index (χ0v) is 23.8. The number of fused-ring (bicyclic) bond motifs is 2. The van der Waals surface area contributed by atoms with Gasteiger partial charge in [-0.05, 0) is 47.7 Å². The zero-order chi connectivity index (χ0) is 33.0. The first kappa shape index (κ1) is 31.4. The number of aliphatic imine (C=N–C) groups is 1. The van der Waals surface area contributed by atoms with E-state index in [0.717, 1.165) is 17.7 Å². The van der Waals surface area contributed by atoms with Crippen molar-refractivity contribution in [3.63, 3.8) is 0 Å². The molecule has 15 heteroatoms. The van der Waals surface area contributed by atoms with Crippen molar-refractivity contribution < 1.29 is 44.7 Å². The van der Waals surface area contributed by atoms with Crippen LogP contribution in [0.2, 0.25) is 0 Å². The van der Waals surface area contributed by atoms with E-state index in [1.54, 1.807) is 24.3 Å². The second-order valence-corrected chi connectivity index (χ2v) is 11.4. The Morgan fingerprint density at radius 3 is 2.48 bits per heavy atom. The van der Waals surface area contributed by atoms with Crippen molar-refractivity contribution >= 4 is 17.5 Å². The number of allylic oxidation sites excluding steroid dienone is 1. The first-order valence-corrected chi connectivity index (χ1v) is 14.3. The van der Waals surface area contributed by atoms with Crippen LogP contribution >= 0.6 is 0 Å². The van der Waals surface area contributed by atoms with E-state index in [9.17, 15) is 44.7 Å². The molecule has 3 aromatic rings. The Hall–Kier alpha value is -4.56. The molecule has 2 N–H and O–H groups in total. The van der Waals surface area contributed by atoms with Gasteiger partial charge >= 0.3 is 0 Å². The zero-order valence-electron chi connectivity index (χ0n) is 23.8. The normalized spacial score (nSPS) is 20.2. The maximum atomic E-state index is 14.9. The lowest BCUT2D eigenvalue weighted by Crippen LogP contribution is -2.46. The van der Waals surface area contributed by atoms with E-state index in [1.165, 1.54) is 6.20 Å². The van der Waals surface area contributed by atoms with Gasteiger partial charge in [-0.3, -0.25) is 19.3 Å². The third-order valence-corrected chi connectivity index (χ3v) is 8.27. The van der Waals surface area contributed by atoms with Crippen LogP contribution in [0.15, 0.2) is 53.7 Å². The van der Waals surface area contributed by atoms with E-state index in [1.807, 2.05) is 0 Å². The van der Waals surface area contributed by atoms with Crippen LogP contribution in [-0.2, 0) is 36.1 Å². The van der Waals surface area contributed by atoms with E-state index in [0.29, 0.717) is 29.3 Å². The maximum absolute atomic E-state index is 14.9. The van der Waals surface area contributed by atoms with E-state index >= 15 is 0 Å². The van der Waals surface area contributed by atoms with Gasteiger partial charge in [0.25, 0.3) is 24.2 Å². The lowest BCUT2D eigenvalue weighted by molar-refractivity contribution is -0.123. The highest BCUT2D eigenvalue weighted by atomic mass is 19.3. The number of amides is 2. The molecule has 6 rings (SSSR count). The fraction of sp³-hybridized carbons (Fsp3) is 0.355. The number of benzene rings is 2. The van der Waals surface area contributed by atoms with Gasteiger partial charge in [-0.15, -0.1) is 0 Å². The predicted molar refractivity (Wildman–Crippen MR) is 148 cm³/mol. The van der Waals surface area contributed by atoms with Crippen LogP contribution in [0, 0.1) is 11.6 Å². The van der Waals surface area contributed by atoms with Crippen molar-refractivity contribution in [2.24, 2.45) is 4.99 Å². The number of alkyl halides is 6. The van der Waals surface area contributed by atoms with Gasteiger partial charge < -0.3 is 10.6 Å². The standard InChI is InChI=1S/C31H25F8N5O2/c32-18-8-15(9-19(33)12-18)10-22(25-20(2-1-7-40-25)16-3-4-21-17(11-16)13-41-29(21)46)42-23(45)14-44-27-24(26(43-44)28(34)35)30(36,37)5-6-31(27,38)39/h1,3-4,7-9,11-12,20,22,28H,2,5-6,10,13-14H2,(H,41,46)(H,42,45)/t20?,22-/m0/s1. The molecule has 0 fully saturated rings. The van der Waals surface area contributed by atoms with Crippen molar-refractivity contribution in [3.05, 3.63) is 99.5 Å². The van der Waals surface area contributed by atoms with Crippen LogP contribution in [0.1, 0.15) is 75.6 Å². The van der Waals surface area contributed by atoms with E-state index in [2.05, 4.69) is 20.7 Å². The Morgan fingerprint density at radius 1 is 1.04 bits per heavy atom. The van der Waals surface area contributed by atoms with Gasteiger partial charge in [-0.2, -0.15) is 13.9 Å². The van der Waals surface area contributed by atoms with Crippen LogP contribution in [0.25, 0.3) is 0 Å². The highest BCUT2D eigenvalue weighted by Crippen LogP contribution is 2.52. The molecule has 2 aromatic carbocycles. The summed E-state index contributed by atoms with van der Waals surface area (Å²) in [5, 5.41) is 8.62. The number of nitrogens with zero attached hydrogens (tertiary/aromatic N) is 3. The number of carbonyl (C=O) groups is 2. The highest BCUT2D eigenvalue weighted by Gasteiger charge is 2.55. The van der Waals surface area contributed by atoms with E-state index in [-0.39, 0.29) is 29.1 Å². The summed E-state index contributed by atoms with van der Waals surface area (Å²) in [7, 11) is 0. The summed E-state index contributed by atoms with van der Waals surface area (Å²) in [5.74, 6) is -11.6. The maximum Gasteiger partial charge on any atom is 0.290 e. The number of hydrogen-bond acceptors (Lipinski definition) is 4. The van der Waals surface area contributed by atoms with Crippen LogP contribution in [-0.4, -0.2) is 33.3 Å². The van der Waals surface area contributed by atoms with Crippen molar-refractivity contribution in [1.29, 1.82) is 0 Å². The van der Waals surface area contributed by atoms with Gasteiger partial charge in [0.1, 0.15) is 29.6 Å². The number of rotatable bonds is 8. The average Bonchev–Trinajstić information content (AvgIpc) is 3.56. The Kier molecular flexibility index (Phi) is 7.97. The Balaban J connectivity index is 1.35. The van der Waals surface area contributed by atoms with Crippen LogP contribution in [0.4, 0.5) is 35.1 Å². The summed E-state index contributed by atoms with van der Waals surface area (Å²) >= 11 is 0. The van der Waals surface area contributed by atoms with Crippen molar-refractivity contribution in [2.75, 3.05) is 0 Å². The highest BCUT2D eigenvalue weighted by molar-refractivity contribution is 6.00. The van der Waals surface area contributed by atoms with Gasteiger partial charge in [-0.1, -0.05) is 18.2 Å². The van der Waals surface area contributed by atoms with Crippen LogP contribution in [0.3, 0.4) is 0 Å². The molecule has 1 aromatic heterocycles. The molecule has 242 valence electrons. The molecule has 0 saturated heterocycles. The quantitative estimate of drug-likeness (QED) is 0.285. The lowest BCUT2D eigenvalue weighted by Gasteiger charge is -2.30. The largest absolute Gasteiger partial charge is 0.348 e. The summed E-state index contributed by atoms with van der Waals surface area (Å²) < 4.78 is 115. The summed E-state index contributed by atoms with van der Waals surface area (Å²) in [6, 6.07) is 6.72. The van der Waals surface area contributed by atoms with Gasteiger partial charge in [0.05, 0.1) is 11.6 Å². The molecule has 0 bridgehead atoms. The van der Waals surface area contributed by atoms with Crippen molar-refractivity contribution in [1.82, 2.24) is 20.4 Å².